The van der Waals surface area contributed by atoms with Gasteiger partial charge in [-0.15, -0.1) is 0 Å². The number of amides is 1. The van der Waals surface area contributed by atoms with Crippen molar-refractivity contribution in [2.24, 2.45) is 46.3 Å². The number of benzene rings is 1. The fourth-order valence-corrected chi connectivity index (χ4v) is 9.24. The Morgan fingerprint density at radius 2 is 1.74 bits per heavy atom. The van der Waals surface area contributed by atoms with Gasteiger partial charge in [0.1, 0.15) is 0 Å². The van der Waals surface area contributed by atoms with E-state index in [0.717, 1.165) is 47.6 Å². The maximum Gasteiger partial charge on any atom is 0.231 e. The Hall–Kier alpha value is -1.57. The summed E-state index contributed by atoms with van der Waals surface area (Å²) in [6, 6.07) is 10.4. The van der Waals surface area contributed by atoms with Crippen LogP contribution in [0.2, 0.25) is 0 Å². The zero-order chi connectivity index (χ0) is 24.1. The highest BCUT2D eigenvalue weighted by molar-refractivity contribution is 5.98. The van der Waals surface area contributed by atoms with E-state index < -0.39 is 0 Å². The molecule has 0 aromatic heterocycles. The number of carbonyl (C=O) groups is 1. The van der Waals surface area contributed by atoms with Crippen LogP contribution >= 0.6 is 0 Å². The zero-order valence-electron chi connectivity index (χ0n) is 22.4. The van der Waals surface area contributed by atoms with E-state index in [9.17, 15) is 4.79 Å². The summed E-state index contributed by atoms with van der Waals surface area (Å²) in [6.07, 6.45) is 15.2. The van der Waals surface area contributed by atoms with Gasteiger partial charge in [-0.1, -0.05) is 78.2 Å². The number of rotatable bonds is 6. The number of fused-ring (bicyclic) bond motifs is 5. The van der Waals surface area contributed by atoms with Crippen molar-refractivity contribution >= 4 is 11.6 Å². The third kappa shape index (κ3) is 3.88. The van der Waals surface area contributed by atoms with Crippen LogP contribution in [-0.4, -0.2) is 5.91 Å². The summed E-state index contributed by atoms with van der Waals surface area (Å²) in [5, 5.41) is 0. The van der Waals surface area contributed by atoms with Crippen molar-refractivity contribution in [3.8, 4) is 0 Å². The van der Waals surface area contributed by atoms with Crippen LogP contribution in [0.3, 0.4) is 0 Å². The lowest BCUT2D eigenvalue weighted by Crippen LogP contribution is -2.54. The van der Waals surface area contributed by atoms with E-state index in [1.165, 1.54) is 57.1 Å². The molecule has 186 valence electrons. The van der Waals surface area contributed by atoms with Gasteiger partial charge in [-0.05, 0) is 91.6 Å². The number of nitrogens with zero attached hydrogens (tertiary/aromatic N) is 1. The molecule has 34 heavy (non-hydrogen) atoms. The first-order valence-corrected chi connectivity index (χ1v) is 14.3. The summed E-state index contributed by atoms with van der Waals surface area (Å²) in [6.45, 7) is 12.5. The van der Waals surface area contributed by atoms with E-state index in [-0.39, 0.29) is 11.3 Å². The average Bonchev–Trinajstić information content (AvgIpc) is 3.17. The Balaban J connectivity index is 1.39. The van der Waals surface area contributed by atoms with Gasteiger partial charge < -0.3 is 0 Å². The van der Waals surface area contributed by atoms with Crippen molar-refractivity contribution in [2.45, 2.75) is 98.8 Å². The minimum Gasteiger partial charge on any atom is -0.285 e. The van der Waals surface area contributed by atoms with Gasteiger partial charge in [0.05, 0.1) is 0 Å². The molecule has 1 aromatic carbocycles. The Morgan fingerprint density at radius 3 is 2.47 bits per heavy atom. The normalized spacial score (nSPS) is 38.2. The predicted molar refractivity (Wildman–Crippen MR) is 142 cm³/mol. The molecular formula is C32H47NO. The number of para-hydroxylation sites is 1. The zero-order valence-corrected chi connectivity index (χ0v) is 22.4. The van der Waals surface area contributed by atoms with E-state index >= 15 is 0 Å². The van der Waals surface area contributed by atoms with E-state index in [1.54, 1.807) is 0 Å². The Labute approximate surface area is 208 Å². The van der Waals surface area contributed by atoms with E-state index in [0.29, 0.717) is 11.8 Å². The molecule has 1 amide bonds. The molecule has 2 nitrogen and oxygen atoms in total. The molecule has 0 radical (unpaired) electrons. The fourth-order valence-electron chi connectivity index (χ4n) is 9.24. The van der Waals surface area contributed by atoms with Gasteiger partial charge >= 0.3 is 0 Å². The largest absolute Gasteiger partial charge is 0.285 e. The number of hydrogen-bond donors (Lipinski definition) is 0. The lowest BCUT2D eigenvalue weighted by atomic mass is 9.48. The number of hydrogen-bond acceptors (Lipinski definition) is 1. The summed E-state index contributed by atoms with van der Waals surface area (Å²) < 4.78 is 0. The first-order valence-electron chi connectivity index (χ1n) is 14.3. The first kappa shape index (κ1) is 24.1. The number of piperidine rings is 1. The Kier molecular flexibility index (Phi) is 6.49. The first-order chi connectivity index (χ1) is 16.3. The highest BCUT2D eigenvalue weighted by Crippen LogP contribution is 2.67. The van der Waals surface area contributed by atoms with Crippen LogP contribution in [0.5, 0.6) is 0 Å². The molecule has 0 unspecified atom stereocenters. The molecule has 0 spiro atoms. The predicted octanol–water partition coefficient (Wildman–Crippen LogP) is 8.63. The van der Waals surface area contributed by atoms with Gasteiger partial charge in [0, 0.05) is 23.2 Å². The van der Waals surface area contributed by atoms with Crippen molar-refractivity contribution in [2.75, 3.05) is 4.90 Å². The molecule has 3 aliphatic carbocycles. The second-order valence-corrected chi connectivity index (χ2v) is 13.2. The third-order valence-corrected chi connectivity index (χ3v) is 11.0. The number of carbonyl (C=O) groups excluding carboxylic acids is 1. The maximum absolute atomic E-state index is 13.1. The van der Waals surface area contributed by atoms with Crippen LogP contribution in [0, 0.1) is 46.3 Å². The average molecular weight is 462 g/mol. The van der Waals surface area contributed by atoms with E-state index in [1.807, 2.05) is 6.07 Å². The number of allylic oxidation sites excluding steroid dienone is 2. The van der Waals surface area contributed by atoms with E-state index in [2.05, 4.69) is 69.9 Å². The molecule has 0 N–H and O–H groups in total. The molecule has 1 saturated heterocycles. The van der Waals surface area contributed by atoms with Crippen molar-refractivity contribution in [1.29, 1.82) is 0 Å². The van der Waals surface area contributed by atoms with E-state index in [4.69, 9.17) is 0 Å². The monoisotopic (exact) mass is 461 g/mol. The molecule has 2 saturated carbocycles. The van der Waals surface area contributed by atoms with Crippen LogP contribution < -0.4 is 4.90 Å². The summed E-state index contributed by atoms with van der Waals surface area (Å²) in [7, 11) is 0. The van der Waals surface area contributed by atoms with Crippen molar-refractivity contribution in [1.82, 2.24) is 0 Å². The van der Waals surface area contributed by atoms with Gasteiger partial charge in [-0.3, -0.25) is 9.69 Å². The van der Waals surface area contributed by atoms with Crippen molar-refractivity contribution in [3.05, 3.63) is 42.1 Å². The second-order valence-electron chi connectivity index (χ2n) is 13.2. The van der Waals surface area contributed by atoms with Gasteiger partial charge in [0.25, 0.3) is 0 Å². The topological polar surface area (TPSA) is 20.3 Å². The van der Waals surface area contributed by atoms with Crippen LogP contribution in [0.4, 0.5) is 5.69 Å². The van der Waals surface area contributed by atoms with Crippen molar-refractivity contribution < 1.29 is 4.79 Å². The van der Waals surface area contributed by atoms with Crippen molar-refractivity contribution in [3.63, 3.8) is 0 Å². The van der Waals surface area contributed by atoms with Gasteiger partial charge in [0.2, 0.25) is 5.91 Å². The Morgan fingerprint density at radius 1 is 0.971 bits per heavy atom. The lowest BCUT2D eigenvalue weighted by molar-refractivity contribution is -0.122. The quantitative estimate of drug-likeness (QED) is 0.415. The molecule has 2 heteroatoms. The fraction of sp³-hybridized carbons (Fsp3) is 0.719. The summed E-state index contributed by atoms with van der Waals surface area (Å²) in [5.41, 5.74) is 3.02. The third-order valence-electron chi connectivity index (χ3n) is 11.0. The van der Waals surface area contributed by atoms with Gasteiger partial charge in [-0.25, -0.2) is 0 Å². The highest BCUT2D eigenvalue weighted by Gasteiger charge is 2.60. The molecule has 3 fully saturated rings. The SMILES string of the molecule is CC(C)CCC[C@@H](C)[C@H]1CC[C@H]2[C@H]3CC=C4N(c5ccccc5)C(=O)CC[C@]4(C)[C@@H]3CC[C@]12C. The molecule has 1 aromatic rings. The minimum absolute atomic E-state index is 0.134. The minimum atomic E-state index is 0.134. The molecule has 7 atom stereocenters. The molecule has 1 aliphatic heterocycles. The second kappa shape index (κ2) is 9.14. The molecule has 1 heterocycles. The highest BCUT2D eigenvalue weighted by atomic mass is 16.2. The standard InChI is InChI=1S/C32H47NO/c1-22(2)10-9-11-23(3)26-15-16-27-25-14-17-29-32(5,28(25)18-20-31(26,27)4)21-19-30(34)33(29)24-12-7-6-8-13-24/h6-8,12-13,17,22-23,25-28H,9-11,14-16,18-21H2,1-5H3/t23-,25-,26-,27+,28-,31-,32-/m1/s1. The molecule has 4 aliphatic rings. The summed E-state index contributed by atoms with van der Waals surface area (Å²) in [5.74, 6) is 5.25. The van der Waals surface area contributed by atoms with Crippen LogP contribution in [0.25, 0.3) is 0 Å². The Bertz CT molecular complexity index is 918. The molecular weight excluding hydrogens is 414 g/mol. The maximum atomic E-state index is 13.1. The summed E-state index contributed by atoms with van der Waals surface area (Å²) in [4.78, 5) is 15.2. The number of anilines is 1. The summed E-state index contributed by atoms with van der Waals surface area (Å²) >= 11 is 0. The van der Waals surface area contributed by atoms with Crippen LogP contribution in [0.15, 0.2) is 42.1 Å². The lowest BCUT2D eigenvalue weighted by Gasteiger charge is -2.59. The molecule has 5 rings (SSSR count). The molecule has 0 bridgehead atoms. The van der Waals surface area contributed by atoms with Crippen LogP contribution in [-0.2, 0) is 4.79 Å². The smallest absolute Gasteiger partial charge is 0.231 e. The van der Waals surface area contributed by atoms with Gasteiger partial charge in [0.15, 0.2) is 0 Å². The van der Waals surface area contributed by atoms with Crippen LogP contribution in [0.1, 0.15) is 98.8 Å². The van der Waals surface area contributed by atoms with Gasteiger partial charge in [-0.2, -0.15) is 0 Å².